The minimum atomic E-state index is 0.260. The minimum absolute atomic E-state index is 0.260. The zero-order valence-corrected chi connectivity index (χ0v) is 11.4. The molecule has 0 fully saturated rings. The van der Waals surface area contributed by atoms with Crippen molar-refractivity contribution in [3.63, 3.8) is 0 Å². The molecule has 0 spiro atoms. The van der Waals surface area contributed by atoms with E-state index in [1.54, 1.807) is 4.68 Å². The standard InChI is InChI=1S/C12H22ClN3/c1-8(2)7-10(14)5-6-11-9(3)15-16(4)12(11)13/h8,10H,5-7,14H2,1-4H3. The topological polar surface area (TPSA) is 43.8 Å². The summed E-state index contributed by atoms with van der Waals surface area (Å²) in [6.45, 7) is 6.39. The van der Waals surface area contributed by atoms with Gasteiger partial charge in [0, 0.05) is 18.7 Å². The average molecular weight is 244 g/mol. The van der Waals surface area contributed by atoms with Gasteiger partial charge in [-0.25, -0.2) is 0 Å². The Bertz CT molecular complexity index is 344. The summed E-state index contributed by atoms with van der Waals surface area (Å²) in [7, 11) is 1.87. The Morgan fingerprint density at radius 2 is 2.06 bits per heavy atom. The van der Waals surface area contributed by atoms with E-state index in [9.17, 15) is 0 Å². The van der Waals surface area contributed by atoms with Crippen LogP contribution < -0.4 is 5.73 Å². The van der Waals surface area contributed by atoms with E-state index < -0.39 is 0 Å². The van der Waals surface area contributed by atoms with Crippen LogP contribution in [-0.4, -0.2) is 15.8 Å². The smallest absolute Gasteiger partial charge is 0.130 e. The second kappa shape index (κ2) is 5.69. The molecular formula is C12H22ClN3. The van der Waals surface area contributed by atoms with Gasteiger partial charge in [-0.15, -0.1) is 0 Å². The molecule has 1 atom stereocenters. The number of rotatable bonds is 5. The van der Waals surface area contributed by atoms with Crippen molar-refractivity contribution >= 4 is 11.6 Å². The summed E-state index contributed by atoms with van der Waals surface area (Å²) in [5, 5.41) is 5.04. The molecule has 0 aliphatic heterocycles. The predicted octanol–water partition coefficient (Wildman–Crippen LogP) is 2.69. The molecule has 2 N–H and O–H groups in total. The number of hydrogen-bond acceptors (Lipinski definition) is 2. The van der Waals surface area contributed by atoms with Crippen molar-refractivity contribution in [2.24, 2.45) is 18.7 Å². The van der Waals surface area contributed by atoms with Crippen LogP contribution in [0, 0.1) is 12.8 Å². The number of aryl methyl sites for hydroxylation is 2. The molecule has 92 valence electrons. The summed E-state index contributed by atoms with van der Waals surface area (Å²) in [6.07, 6.45) is 2.97. The van der Waals surface area contributed by atoms with Crippen molar-refractivity contribution in [1.82, 2.24) is 9.78 Å². The quantitative estimate of drug-likeness (QED) is 0.864. The molecule has 0 saturated heterocycles. The first kappa shape index (κ1) is 13.5. The van der Waals surface area contributed by atoms with E-state index in [4.69, 9.17) is 17.3 Å². The van der Waals surface area contributed by atoms with Gasteiger partial charge in [0.2, 0.25) is 0 Å². The molecule has 0 aliphatic rings. The maximum atomic E-state index is 6.16. The first-order valence-corrected chi connectivity index (χ1v) is 6.23. The van der Waals surface area contributed by atoms with Crippen molar-refractivity contribution in [1.29, 1.82) is 0 Å². The van der Waals surface area contributed by atoms with E-state index in [1.807, 2.05) is 14.0 Å². The molecule has 0 bridgehead atoms. The van der Waals surface area contributed by atoms with Crippen molar-refractivity contribution in [2.75, 3.05) is 0 Å². The molecule has 16 heavy (non-hydrogen) atoms. The van der Waals surface area contributed by atoms with Crippen LogP contribution >= 0.6 is 11.6 Å². The Kier molecular flexibility index (Phi) is 4.81. The number of hydrogen-bond donors (Lipinski definition) is 1. The van der Waals surface area contributed by atoms with Crippen molar-refractivity contribution in [3.8, 4) is 0 Å². The van der Waals surface area contributed by atoms with Gasteiger partial charge in [-0.3, -0.25) is 4.68 Å². The highest BCUT2D eigenvalue weighted by Gasteiger charge is 2.13. The molecular weight excluding hydrogens is 222 g/mol. The monoisotopic (exact) mass is 243 g/mol. The molecule has 1 aromatic rings. The second-order valence-corrected chi connectivity index (χ2v) is 5.26. The fourth-order valence-electron chi connectivity index (χ4n) is 2.01. The average Bonchev–Trinajstić information content (AvgIpc) is 2.38. The normalized spacial score (nSPS) is 13.4. The molecule has 1 unspecified atom stereocenters. The molecule has 0 radical (unpaired) electrons. The Balaban J connectivity index is 2.54. The van der Waals surface area contributed by atoms with Crippen LogP contribution in [-0.2, 0) is 13.5 Å². The van der Waals surface area contributed by atoms with Gasteiger partial charge in [0.25, 0.3) is 0 Å². The fraction of sp³-hybridized carbons (Fsp3) is 0.750. The SMILES string of the molecule is Cc1nn(C)c(Cl)c1CCC(N)CC(C)C. The van der Waals surface area contributed by atoms with E-state index in [0.29, 0.717) is 5.92 Å². The van der Waals surface area contributed by atoms with Crippen molar-refractivity contribution < 1.29 is 0 Å². The summed E-state index contributed by atoms with van der Waals surface area (Å²) < 4.78 is 1.72. The summed E-state index contributed by atoms with van der Waals surface area (Å²) in [5.41, 5.74) is 8.22. The lowest BCUT2D eigenvalue weighted by atomic mass is 9.98. The summed E-state index contributed by atoms with van der Waals surface area (Å²) in [6, 6.07) is 0.260. The van der Waals surface area contributed by atoms with Crippen LogP contribution in [0.15, 0.2) is 0 Å². The fourth-order valence-corrected chi connectivity index (χ4v) is 2.28. The van der Waals surface area contributed by atoms with E-state index in [1.165, 1.54) is 0 Å². The maximum absolute atomic E-state index is 6.16. The third kappa shape index (κ3) is 3.49. The van der Waals surface area contributed by atoms with Gasteiger partial charge < -0.3 is 5.73 Å². The number of aromatic nitrogens is 2. The Morgan fingerprint density at radius 3 is 2.50 bits per heavy atom. The highest BCUT2D eigenvalue weighted by atomic mass is 35.5. The highest BCUT2D eigenvalue weighted by molar-refractivity contribution is 6.30. The van der Waals surface area contributed by atoms with Gasteiger partial charge in [-0.1, -0.05) is 25.4 Å². The largest absolute Gasteiger partial charge is 0.328 e. The molecule has 1 heterocycles. The zero-order chi connectivity index (χ0) is 12.3. The van der Waals surface area contributed by atoms with Crippen LogP contribution in [0.3, 0.4) is 0 Å². The molecule has 4 heteroatoms. The first-order valence-electron chi connectivity index (χ1n) is 5.85. The number of nitrogens with two attached hydrogens (primary N) is 1. The van der Waals surface area contributed by atoms with Gasteiger partial charge in [0.1, 0.15) is 5.15 Å². The maximum Gasteiger partial charge on any atom is 0.130 e. The molecule has 0 aliphatic carbocycles. The molecule has 0 amide bonds. The highest BCUT2D eigenvalue weighted by Crippen LogP contribution is 2.21. The van der Waals surface area contributed by atoms with E-state index in [-0.39, 0.29) is 6.04 Å². The van der Waals surface area contributed by atoms with Crippen LogP contribution in [0.5, 0.6) is 0 Å². The van der Waals surface area contributed by atoms with Crippen LogP contribution in [0.4, 0.5) is 0 Å². The number of halogens is 1. The summed E-state index contributed by atoms with van der Waals surface area (Å²) in [4.78, 5) is 0. The van der Waals surface area contributed by atoms with Gasteiger partial charge >= 0.3 is 0 Å². The number of nitrogens with zero attached hydrogens (tertiary/aromatic N) is 2. The third-order valence-corrected chi connectivity index (χ3v) is 3.28. The lowest BCUT2D eigenvalue weighted by Crippen LogP contribution is -2.22. The van der Waals surface area contributed by atoms with Gasteiger partial charge in [-0.05, 0) is 32.1 Å². The second-order valence-electron chi connectivity index (χ2n) is 4.91. The Hall–Kier alpha value is -0.540. The zero-order valence-electron chi connectivity index (χ0n) is 10.6. The first-order chi connectivity index (χ1) is 7.41. The molecule has 3 nitrogen and oxygen atoms in total. The van der Waals surface area contributed by atoms with Crippen LogP contribution in [0.25, 0.3) is 0 Å². The summed E-state index contributed by atoms with van der Waals surface area (Å²) in [5.74, 6) is 0.653. The van der Waals surface area contributed by atoms with Gasteiger partial charge in [-0.2, -0.15) is 5.10 Å². The Labute approximate surface area is 103 Å². The lowest BCUT2D eigenvalue weighted by molar-refractivity contribution is 0.473. The lowest BCUT2D eigenvalue weighted by Gasteiger charge is -2.13. The van der Waals surface area contributed by atoms with Crippen molar-refractivity contribution in [3.05, 3.63) is 16.4 Å². The van der Waals surface area contributed by atoms with Crippen LogP contribution in [0.1, 0.15) is 37.9 Å². The molecule has 1 aromatic heterocycles. The van der Waals surface area contributed by atoms with Gasteiger partial charge in [0.05, 0.1) is 5.69 Å². The predicted molar refractivity (Wildman–Crippen MR) is 68.7 cm³/mol. The van der Waals surface area contributed by atoms with E-state index in [2.05, 4.69) is 18.9 Å². The van der Waals surface area contributed by atoms with E-state index in [0.717, 1.165) is 35.7 Å². The molecule has 0 aromatic carbocycles. The molecule has 1 rings (SSSR count). The summed E-state index contributed by atoms with van der Waals surface area (Å²) >= 11 is 6.16. The third-order valence-electron chi connectivity index (χ3n) is 2.81. The minimum Gasteiger partial charge on any atom is -0.328 e. The molecule has 0 saturated carbocycles. The van der Waals surface area contributed by atoms with Crippen LogP contribution in [0.2, 0.25) is 5.15 Å². The van der Waals surface area contributed by atoms with Gasteiger partial charge in [0.15, 0.2) is 0 Å². The Morgan fingerprint density at radius 1 is 1.44 bits per heavy atom. The van der Waals surface area contributed by atoms with E-state index >= 15 is 0 Å². The van der Waals surface area contributed by atoms with Crippen molar-refractivity contribution in [2.45, 2.75) is 46.1 Å².